The Balaban J connectivity index is 1.95. The first-order valence-corrected chi connectivity index (χ1v) is 7.83. The van der Waals surface area contributed by atoms with Gasteiger partial charge in [0.25, 0.3) is 0 Å². The highest BCUT2D eigenvalue weighted by atomic mass is 79.9. The Morgan fingerprint density at radius 2 is 1.73 bits per heavy atom. The van der Waals surface area contributed by atoms with Gasteiger partial charge in [-0.3, -0.25) is 0 Å². The van der Waals surface area contributed by atoms with Crippen molar-refractivity contribution >= 4 is 26.8 Å². The fraction of sp³-hybridized carbons (Fsp3) is 0.167. The van der Waals surface area contributed by atoms with E-state index < -0.39 is 0 Å². The second-order valence-electron chi connectivity index (χ2n) is 5.37. The molecule has 0 saturated carbocycles. The van der Waals surface area contributed by atoms with Crippen LogP contribution >= 0.6 is 15.9 Å². The highest BCUT2D eigenvalue weighted by Crippen LogP contribution is 2.40. The van der Waals surface area contributed by atoms with E-state index in [0.29, 0.717) is 5.75 Å². The Bertz CT molecular complexity index is 905. The van der Waals surface area contributed by atoms with Gasteiger partial charge in [-0.25, -0.2) is 4.98 Å². The van der Waals surface area contributed by atoms with Crippen LogP contribution in [0.2, 0.25) is 0 Å². The first kappa shape index (κ1) is 13.6. The van der Waals surface area contributed by atoms with Crippen molar-refractivity contribution in [2.45, 2.75) is 6.42 Å². The minimum absolute atomic E-state index is 0.705. The molecule has 1 aliphatic carbocycles. The molecule has 4 rings (SSSR count). The van der Waals surface area contributed by atoms with Gasteiger partial charge in [-0.15, -0.1) is 0 Å². The van der Waals surface area contributed by atoms with Gasteiger partial charge in [0, 0.05) is 27.9 Å². The van der Waals surface area contributed by atoms with Crippen LogP contribution in [0.3, 0.4) is 0 Å². The van der Waals surface area contributed by atoms with Crippen LogP contribution in [0.5, 0.6) is 11.5 Å². The predicted octanol–water partition coefficient (Wildman–Crippen LogP) is 4.59. The van der Waals surface area contributed by atoms with Crippen molar-refractivity contribution < 1.29 is 9.47 Å². The molecule has 0 amide bonds. The van der Waals surface area contributed by atoms with Crippen LogP contribution in [0, 0.1) is 0 Å². The number of pyridine rings is 1. The predicted molar refractivity (Wildman–Crippen MR) is 90.8 cm³/mol. The van der Waals surface area contributed by atoms with E-state index in [-0.39, 0.29) is 0 Å². The van der Waals surface area contributed by atoms with Gasteiger partial charge in [-0.2, -0.15) is 0 Å². The number of hydrogen-bond acceptors (Lipinski definition) is 3. The number of aromatic nitrogens is 1. The van der Waals surface area contributed by atoms with Crippen molar-refractivity contribution in [2.75, 3.05) is 14.2 Å². The normalized spacial score (nSPS) is 12.1. The molecule has 3 nitrogen and oxygen atoms in total. The quantitative estimate of drug-likeness (QED) is 0.527. The van der Waals surface area contributed by atoms with Gasteiger partial charge < -0.3 is 9.47 Å². The molecule has 22 heavy (non-hydrogen) atoms. The van der Waals surface area contributed by atoms with Crippen LogP contribution in [-0.4, -0.2) is 19.2 Å². The molecule has 4 heteroatoms. The number of benzene rings is 2. The van der Waals surface area contributed by atoms with Crippen LogP contribution in [-0.2, 0) is 6.42 Å². The Morgan fingerprint density at radius 3 is 2.50 bits per heavy atom. The maximum atomic E-state index is 5.38. The standard InChI is InChI=1S/C18H14BrNO2/c1-21-16-8-11-6-12-5-10-7-13(19)3-4-14(10)18(12)20-15(11)9-17(16)22-2/h3-4,6-9H,5H2,1-2H3. The highest BCUT2D eigenvalue weighted by Gasteiger charge is 2.21. The molecule has 1 aliphatic rings. The summed E-state index contributed by atoms with van der Waals surface area (Å²) in [5.74, 6) is 1.44. The average molecular weight is 356 g/mol. The van der Waals surface area contributed by atoms with Crippen molar-refractivity contribution in [3.8, 4) is 22.8 Å². The minimum atomic E-state index is 0.705. The number of hydrogen-bond donors (Lipinski definition) is 0. The summed E-state index contributed by atoms with van der Waals surface area (Å²) < 4.78 is 11.9. The van der Waals surface area contributed by atoms with Gasteiger partial charge in [-0.1, -0.05) is 22.0 Å². The summed E-state index contributed by atoms with van der Waals surface area (Å²) in [7, 11) is 3.29. The average Bonchev–Trinajstić information content (AvgIpc) is 2.87. The summed E-state index contributed by atoms with van der Waals surface area (Å²) in [6.45, 7) is 0. The molecule has 1 heterocycles. The largest absolute Gasteiger partial charge is 0.493 e. The van der Waals surface area contributed by atoms with Gasteiger partial charge in [0.15, 0.2) is 11.5 Å². The number of fused-ring (bicyclic) bond motifs is 4. The number of methoxy groups -OCH3 is 2. The van der Waals surface area contributed by atoms with Gasteiger partial charge in [0.1, 0.15) is 0 Å². The lowest BCUT2D eigenvalue weighted by Crippen LogP contribution is -1.93. The van der Waals surface area contributed by atoms with E-state index in [2.05, 4.69) is 40.2 Å². The molecular formula is C18H14BrNO2. The zero-order valence-corrected chi connectivity index (χ0v) is 13.9. The molecule has 0 bridgehead atoms. The number of nitrogens with zero attached hydrogens (tertiary/aromatic N) is 1. The molecule has 0 N–H and O–H groups in total. The lowest BCUT2D eigenvalue weighted by Gasteiger charge is -2.10. The molecule has 1 aromatic heterocycles. The van der Waals surface area contributed by atoms with Crippen molar-refractivity contribution in [3.05, 3.63) is 52.0 Å². The molecule has 0 radical (unpaired) electrons. The van der Waals surface area contributed by atoms with Gasteiger partial charge in [0.05, 0.1) is 25.4 Å². The van der Waals surface area contributed by atoms with E-state index >= 15 is 0 Å². The van der Waals surface area contributed by atoms with E-state index in [9.17, 15) is 0 Å². The zero-order chi connectivity index (χ0) is 15.3. The Morgan fingerprint density at radius 1 is 0.955 bits per heavy atom. The number of halogens is 1. The molecule has 3 aromatic rings. The summed E-state index contributed by atoms with van der Waals surface area (Å²) in [5.41, 5.74) is 5.78. The fourth-order valence-electron chi connectivity index (χ4n) is 3.06. The third-order valence-electron chi connectivity index (χ3n) is 4.10. The SMILES string of the molecule is COc1cc2cc3c(nc2cc1OC)-c1ccc(Br)cc1C3. The Kier molecular flexibility index (Phi) is 3.08. The minimum Gasteiger partial charge on any atom is -0.493 e. The van der Waals surface area contributed by atoms with Crippen LogP contribution in [0.15, 0.2) is 40.9 Å². The molecule has 2 aromatic carbocycles. The van der Waals surface area contributed by atoms with Crippen LogP contribution in [0.1, 0.15) is 11.1 Å². The maximum absolute atomic E-state index is 5.38. The lowest BCUT2D eigenvalue weighted by atomic mass is 10.1. The van der Waals surface area contributed by atoms with Gasteiger partial charge in [0.2, 0.25) is 0 Å². The monoisotopic (exact) mass is 355 g/mol. The third kappa shape index (κ3) is 1.98. The van der Waals surface area contributed by atoms with Crippen molar-refractivity contribution in [1.29, 1.82) is 0 Å². The van der Waals surface area contributed by atoms with Crippen molar-refractivity contribution in [3.63, 3.8) is 0 Å². The molecular weight excluding hydrogens is 342 g/mol. The van der Waals surface area contributed by atoms with Crippen molar-refractivity contribution in [2.24, 2.45) is 0 Å². The summed E-state index contributed by atoms with van der Waals surface area (Å²) in [4.78, 5) is 4.86. The van der Waals surface area contributed by atoms with Crippen molar-refractivity contribution in [1.82, 2.24) is 4.98 Å². The molecule has 0 unspecified atom stereocenters. The zero-order valence-electron chi connectivity index (χ0n) is 12.3. The molecule has 0 fully saturated rings. The van der Waals surface area contributed by atoms with Crippen LogP contribution in [0.4, 0.5) is 0 Å². The van der Waals surface area contributed by atoms with Gasteiger partial charge in [-0.05, 0) is 35.4 Å². The fourth-order valence-corrected chi connectivity index (χ4v) is 3.47. The molecule has 0 aliphatic heterocycles. The van der Waals surface area contributed by atoms with E-state index in [1.54, 1.807) is 14.2 Å². The lowest BCUT2D eigenvalue weighted by molar-refractivity contribution is 0.356. The topological polar surface area (TPSA) is 31.4 Å². The summed E-state index contributed by atoms with van der Waals surface area (Å²) in [6, 6.07) is 12.5. The smallest absolute Gasteiger partial charge is 0.162 e. The number of rotatable bonds is 2. The van der Waals surface area contributed by atoms with E-state index in [4.69, 9.17) is 14.5 Å². The van der Waals surface area contributed by atoms with Crippen LogP contribution in [0.25, 0.3) is 22.2 Å². The molecule has 0 atom stereocenters. The number of ether oxygens (including phenoxy) is 2. The molecule has 110 valence electrons. The molecule has 0 spiro atoms. The summed E-state index contributed by atoms with van der Waals surface area (Å²) >= 11 is 3.54. The summed E-state index contributed by atoms with van der Waals surface area (Å²) in [6.07, 6.45) is 0.918. The Hall–Kier alpha value is -2.07. The molecule has 0 saturated heterocycles. The highest BCUT2D eigenvalue weighted by molar-refractivity contribution is 9.10. The second kappa shape index (κ2) is 4.99. The Labute approximate surface area is 137 Å². The first-order chi connectivity index (χ1) is 10.7. The second-order valence-corrected chi connectivity index (χ2v) is 6.29. The maximum Gasteiger partial charge on any atom is 0.162 e. The van der Waals surface area contributed by atoms with E-state index in [0.717, 1.165) is 33.2 Å². The third-order valence-corrected chi connectivity index (χ3v) is 4.60. The van der Waals surface area contributed by atoms with Crippen LogP contribution < -0.4 is 9.47 Å². The summed E-state index contributed by atoms with van der Waals surface area (Å²) in [5, 5.41) is 1.07. The van der Waals surface area contributed by atoms with E-state index in [1.165, 1.54) is 16.7 Å². The first-order valence-electron chi connectivity index (χ1n) is 7.04. The van der Waals surface area contributed by atoms with E-state index in [1.807, 2.05) is 12.1 Å². The van der Waals surface area contributed by atoms with Gasteiger partial charge >= 0.3 is 0 Å².